The molecule has 0 radical (unpaired) electrons. The van der Waals surface area contributed by atoms with Gasteiger partial charge in [-0.25, -0.2) is 4.39 Å². The summed E-state index contributed by atoms with van der Waals surface area (Å²) in [7, 11) is 0. The molecule has 6 nitrogen and oxygen atoms in total. The van der Waals surface area contributed by atoms with E-state index in [0.29, 0.717) is 36.0 Å². The Bertz CT molecular complexity index is 1530. The number of hydrogen-bond acceptors (Lipinski definition) is 5. The van der Waals surface area contributed by atoms with Crippen molar-refractivity contribution in [2.45, 2.75) is 32.7 Å². The highest BCUT2D eigenvalue weighted by atomic mass is 79.9. The molecule has 2 heterocycles. The van der Waals surface area contributed by atoms with Crippen LogP contribution in [0.2, 0.25) is 0 Å². The molecule has 8 heteroatoms. The molecular weight excluding hydrogens is 541 g/mol. The minimum absolute atomic E-state index is 0.0572. The van der Waals surface area contributed by atoms with Gasteiger partial charge in [0.25, 0.3) is 5.91 Å². The summed E-state index contributed by atoms with van der Waals surface area (Å²) in [6.07, 6.45) is 1.90. The van der Waals surface area contributed by atoms with Crippen molar-refractivity contribution in [2.75, 3.05) is 18.1 Å². The van der Waals surface area contributed by atoms with Gasteiger partial charge in [0.1, 0.15) is 11.4 Å². The summed E-state index contributed by atoms with van der Waals surface area (Å²) in [5.74, 6) is 0.0399. The summed E-state index contributed by atoms with van der Waals surface area (Å²) in [5.41, 5.74) is 1.09. The van der Waals surface area contributed by atoms with Crippen LogP contribution in [0, 0.1) is 5.82 Å². The molecule has 0 aliphatic carbocycles. The highest BCUT2D eigenvalue weighted by Gasteiger charge is 2.44. The lowest BCUT2D eigenvalue weighted by Gasteiger charge is -2.26. The number of fused-ring (bicyclic) bond motifs is 2. The summed E-state index contributed by atoms with van der Waals surface area (Å²) in [6.45, 7) is 4.92. The van der Waals surface area contributed by atoms with Crippen molar-refractivity contribution in [1.29, 1.82) is 0 Å². The number of halogens is 2. The van der Waals surface area contributed by atoms with Gasteiger partial charge in [0.15, 0.2) is 16.9 Å². The van der Waals surface area contributed by atoms with Crippen molar-refractivity contribution >= 4 is 38.5 Å². The zero-order valence-electron chi connectivity index (χ0n) is 20.4. The normalized spacial score (nSPS) is 14.8. The Kier molecular flexibility index (Phi) is 7.02. The summed E-state index contributed by atoms with van der Waals surface area (Å²) in [5, 5.41) is 0.0822. The summed E-state index contributed by atoms with van der Waals surface area (Å²) < 4.78 is 32.6. The van der Waals surface area contributed by atoms with E-state index in [1.165, 1.54) is 17.0 Å². The Morgan fingerprint density at radius 1 is 0.973 bits per heavy atom. The SMILES string of the molecule is CCCCOc1ccc(C2c3c(oc4ccc(F)cc4c3=O)C(=O)N2c2ccc(Br)cc2)cc1OCC. The maximum Gasteiger partial charge on any atom is 0.295 e. The smallest absolute Gasteiger partial charge is 0.295 e. The van der Waals surface area contributed by atoms with E-state index in [1.807, 2.05) is 25.1 Å². The zero-order valence-corrected chi connectivity index (χ0v) is 22.0. The van der Waals surface area contributed by atoms with Gasteiger partial charge in [-0.3, -0.25) is 14.5 Å². The Balaban J connectivity index is 1.71. The number of ether oxygens (including phenoxy) is 2. The van der Waals surface area contributed by atoms with Gasteiger partial charge in [-0.2, -0.15) is 0 Å². The molecule has 0 fully saturated rings. The van der Waals surface area contributed by atoms with Crippen LogP contribution in [0.5, 0.6) is 11.5 Å². The fourth-order valence-corrected chi connectivity index (χ4v) is 4.80. The molecule has 5 rings (SSSR count). The van der Waals surface area contributed by atoms with Crippen LogP contribution in [0.1, 0.15) is 54.4 Å². The number of nitrogens with zero attached hydrogens (tertiary/aromatic N) is 1. The molecule has 0 bridgehead atoms. The molecule has 1 aromatic heterocycles. The highest BCUT2D eigenvalue weighted by molar-refractivity contribution is 9.10. The van der Waals surface area contributed by atoms with Crippen molar-refractivity contribution in [3.63, 3.8) is 0 Å². The third kappa shape index (κ3) is 4.62. The molecule has 1 atom stereocenters. The third-order valence-electron chi connectivity index (χ3n) is 6.28. The Morgan fingerprint density at radius 2 is 1.76 bits per heavy atom. The maximum absolute atomic E-state index is 14.1. The molecule has 0 N–H and O–H groups in total. The number of carbonyl (C=O) groups excluding carboxylic acids is 1. The number of hydrogen-bond donors (Lipinski definition) is 0. The first-order chi connectivity index (χ1) is 17.9. The topological polar surface area (TPSA) is 69.0 Å². The van der Waals surface area contributed by atoms with Crippen LogP contribution >= 0.6 is 15.9 Å². The van der Waals surface area contributed by atoms with E-state index in [1.54, 1.807) is 24.3 Å². The van der Waals surface area contributed by atoms with E-state index < -0.39 is 23.2 Å². The number of amides is 1. The van der Waals surface area contributed by atoms with Crippen molar-refractivity contribution in [2.24, 2.45) is 0 Å². The summed E-state index contributed by atoms with van der Waals surface area (Å²) >= 11 is 3.43. The summed E-state index contributed by atoms with van der Waals surface area (Å²) in [6, 6.07) is 15.5. The molecule has 3 aromatic carbocycles. The highest BCUT2D eigenvalue weighted by Crippen LogP contribution is 2.43. The fourth-order valence-electron chi connectivity index (χ4n) is 4.54. The first kappa shape index (κ1) is 25.0. The van der Waals surface area contributed by atoms with E-state index in [4.69, 9.17) is 13.9 Å². The number of anilines is 1. The second-order valence-electron chi connectivity index (χ2n) is 8.71. The van der Waals surface area contributed by atoms with Gasteiger partial charge in [0, 0.05) is 10.2 Å². The van der Waals surface area contributed by atoms with Gasteiger partial charge in [-0.05, 0) is 73.5 Å². The molecule has 190 valence electrons. The number of benzene rings is 3. The van der Waals surface area contributed by atoms with Crippen molar-refractivity contribution < 1.29 is 23.1 Å². The van der Waals surface area contributed by atoms with E-state index in [2.05, 4.69) is 22.9 Å². The van der Waals surface area contributed by atoms with Crippen molar-refractivity contribution in [1.82, 2.24) is 0 Å². The van der Waals surface area contributed by atoms with E-state index in [9.17, 15) is 14.0 Å². The second kappa shape index (κ2) is 10.4. The first-order valence-electron chi connectivity index (χ1n) is 12.2. The maximum atomic E-state index is 14.1. The van der Waals surface area contributed by atoms with Crippen LogP contribution in [-0.2, 0) is 0 Å². The van der Waals surface area contributed by atoms with E-state index in [0.717, 1.165) is 23.4 Å². The Hall–Kier alpha value is -3.65. The van der Waals surface area contributed by atoms with Gasteiger partial charge in [0.2, 0.25) is 5.76 Å². The van der Waals surface area contributed by atoms with Gasteiger partial charge in [0.05, 0.1) is 30.2 Å². The van der Waals surface area contributed by atoms with Crippen molar-refractivity contribution in [3.05, 3.63) is 98.1 Å². The number of rotatable bonds is 8. The summed E-state index contributed by atoms with van der Waals surface area (Å²) in [4.78, 5) is 29.0. The largest absolute Gasteiger partial charge is 0.490 e. The van der Waals surface area contributed by atoms with Crippen LogP contribution in [0.25, 0.3) is 11.0 Å². The monoisotopic (exact) mass is 565 g/mol. The number of carbonyl (C=O) groups is 1. The molecule has 4 aromatic rings. The fraction of sp³-hybridized carbons (Fsp3) is 0.241. The van der Waals surface area contributed by atoms with E-state index in [-0.39, 0.29) is 22.3 Å². The zero-order chi connectivity index (χ0) is 26.1. The molecule has 1 amide bonds. The molecule has 37 heavy (non-hydrogen) atoms. The average Bonchev–Trinajstić information content (AvgIpc) is 3.18. The Morgan fingerprint density at radius 3 is 2.49 bits per heavy atom. The van der Waals surface area contributed by atoms with E-state index >= 15 is 0 Å². The van der Waals surface area contributed by atoms with Gasteiger partial charge >= 0.3 is 0 Å². The Labute approximate surface area is 221 Å². The third-order valence-corrected chi connectivity index (χ3v) is 6.80. The molecule has 0 saturated heterocycles. The minimum Gasteiger partial charge on any atom is -0.490 e. The first-order valence-corrected chi connectivity index (χ1v) is 13.0. The predicted molar refractivity (Wildman–Crippen MR) is 143 cm³/mol. The van der Waals surface area contributed by atoms with Crippen LogP contribution in [0.3, 0.4) is 0 Å². The molecule has 1 aliphatic heterocycles. The molecule has 0 saturated carbocycles. The lowest BCUT2D eigenvalue weighted by Crippen LogP contribution is -2.29. The molecular formula is C29H25BrFNO5. The van der Waals surface area contributed by atoms with Crippen LogP contribution in [0.4, 0.5) is 10.1 Å². The molecule has 0 spiro atoms. The predicted octanol–water partition coefficient (Wildman–Crippen LogP) is 7.02. The molecule has 1 unspecified atom stereocenters. The average molecular weight is 566 g/mol. The minimum atomic E-state index is -0.809. The van der Waals surface area contributed by atoms with Crippen LogP contribution in [0.15, 0.2) is 74.3 Å². The second-order valence-corrected chi connectivity index (χ2v) is 9.63. The lowest BCUT2D eigenvalue weighted by atomic mass is 9.97. The van der Waals surface area contributed by atoms with Gasteiger partial charge in [-0.1, -0.05) is 35.3 Å². The quantitative estimate of drug-likeness (QED) is 0.215. The number of unbranched alkanes of at least 4 members (excludes halogenated alkanes) is 1. The lowest BCUT2D eigenvalue weighted by molar-refractivity contribution is 0.0971. The molecule has 1 aliphatic rings. The van der Waals surface area contributed by atoms with Gasteiger partial charge in [-0.15, -0.1) is 0 Å². The van der Waals surface area contributed by atoms with Crippen molar-refractivity contribution in [3.8, 4) is 11.5 Å². The van der Waals surface area contributed by atoms with Gasteiger partial charge < -0.3 is 13.9 Å². The van der Waals surface area contributed by atoms with Crippen LogP contribution in [-0.4, -0.2) is 19.1 Å². The standard InChI is InChI=1S/C29H25BrFNO5/c1-3-5-14-36-23-12-6-17(15-24(23)35-4-2)26-25-27(33)21-16-19(31)9-13-22(21)37-28(25)29(34)32(26)20-10-7-18(30)8-11-20/h6-13,15-16,26H,3-5,14H2,1-2H3. The van der Waals surface area contributed by atoms with Crippen LogP contribution < -0.4 is 19.8 Å².